The molecule has 0 bridgehead atoms. The molecule has 0 aliphatic rings. The van der Waals surface area contributed by atoms with Crippen LogP contribution in [0.25, 0.3) is 0 Å². The molecule has 0 spiro atoms. The number of carbonyl (C=O) groups is 1. The molecule has 0 saturated heterocycles. The van der Waals surface area contributed by atoms with Crippen molar-refractivity contribution in [3.8, 4) is 0 Å². The highest BCUT2D eigenvalue weighted by atomic mass is 32.1. The van der Waals surface area contributed by atoms with Gasteiger partial charge in [0.15, 0.2) is 0 Å². The van der Waals surface area contributed by atoms with Crippen LogP contribution in [0.15, 0.2) is 35.8 Å². The lowest BCUT2D eigenvalue weighted by Gasteiger charge is -2.12. The molecule has 2 heterocycles. The summed E-state index contributed by atoms with van der Waals surface area (Å²) in [6.07, 6.45) is 1.73. The van der Waals surface area contributed by atoms with E-state index < -0.39 is 0 Å². The Morgan fingerprint density at radius 1 is 1.41 bits per heavy atom. The van der Waals surface area contributed by atoms with Gasteiger partial charge in [0, 0.05) is 6.20 Å². The van der Waals surface area contributed by atoms with E-state index in [2.05, 4.69) is 10.3 Å². The van der Waals surface area contributed by atoms with Gasteiger partial charge in [0.1, 0.15) is 0 Å². The van der Waals surface area contributed by atoms with Crippen molar-refractivity contribution in [3.05, 3.63) is 52.0 Å². The zero-order valence-corrected chi connectivity index (χ0v) is 10.6. The molecule has 2 aromatic heterocycles. The van der Waals surface area contributed by atoms with E-state index in [0.29, 0.717) is 0 Å². The van der Waals surface area contributed by atoms with Crippen LogP contribution in [-0.4, -0.2) is 10.9 Å². The minimum Gasteiger partial charge on any atom is -0.343 e. The van der Waals surface area contributed by atoms with Crippen LogP contribution in [0, 0.1) is 6.92 Å². The number of thiophene rings is 1. The Labute approximate surface area is 105 Å². The van der Waals surface area contributed by atoms with Gasteiger partial charge < -0.3 is 5.32 Å². The molecule has 0 aliphatic carbocycles. The van der Waals surface area contributed by atoms with Gasteiger partial charge in [-0.2, -0.15) is 0 Å². The van der Waals surface area contributed by atoms with E-state index in [4.69, 9.17) is 0 Å². The van der Waals surface area contributed by atoms with Crippen molar-refractivity contribution in [1.29, 1.82) is 0 Å². The average molecular weight is 246 g/mol. The first-order chi connectivity index (χ1) is 8.18. The standard InChI is InChI=1S/C13H14N2OS/c1-9-6-8-17-12(9)13(16)15-10(2)11-5-3-4-7-14-11/h3-8,10H,1-2H3,(H,15,16)/t10-/m1/s1. The predicted molar refractivity (Wildman–Crippen MR) is 69.2 cm³/mol. The molecule has 3 nitrogen and oxygen atoms in total. The summed E-state index contributed by atoms with van der Waals surface area (Å²) in [6.45, 7) is 3.88. The molecule has 0 aliphatic heterocycles. The molecule has 2 aromatic rings. The summed E-state index contributed by atoms with van der Waals surface area (Å²) in [6, 6.07) is 7.56. The van der Waals surface area contributed by atoms with Gasteiger partial charge in [-0.1, -0.05) is 6.07 Å². The van der Waals surface area contributed by atoms with Gasteiger partial charge in [-0.3, -0.25) is 9.78 Å². The predicted octanol–water partition coefficient (Wildman–Crippen LogP) is 2.94. The molecule has 17 heavy (non-hydrogen) atoms. The third-order valence-electron chi connectivity index (χ3n) is 2.55. The largest absolute Gasteiger partial charge is 0.343 e. The summed E-state index contributed by atoms with van der Waals surface area (Å²) in [5.74, 6) is -0.0318. The Bertz CT molecular complexity index is 507. The summed E-state index contributed by atoms with van der Waals surface area (Å²) >= 11 is 1.46. The summed E-state index contributed by atoms with van der Waals surface area (Å²) < 4.78 is 0. The smallest absolute Gasteiger partial charge is 0.262 e. The molecule has 2 rings (SSSR count). The van der Waals surface area contributed by atoms with Gasteiger partial charge in [0.25, 0.3) is 5.91 Å². The zero-order chi connectivity index (χ0) is 12.3. The topological polar surface area (TPSA) is 42.0 Å². The van der Waals surface area contributed by atoms with Crippen LogP contribution in [0.4, 0.5) is 0 Å². The Hall–Kier alpha value is -1.68. The monoisotopic (exact) mass is 246 g/mol. The highest BCUT2D eigenvalue weighted by Gasteiger charge is 2.14. The molecule has 4 heteroatoms. The maximum Gasteiger partial charge on any atom is 0.262 e. The number of hydrogen-bond acceptors (Lipinski definition) is 3. The summed E-state index contributed by atoms with van der Waals surface area (Å²) in [5.41, 5.74) is 1.88. The molecule has 0 aromatic carbocycles. The number of amides is 1. The maximum absolute atomic E-state index is 12.0. The number of rotatable bonds is 3. The number of nitrogens with one attached hydrogen (secondary N) is 1. The third kappa shape index (κ3) is 2.71. The quantitative estimate of drug-likeness (QED) is 0.904. The van der Waals surface area contributed by atoms with Gasteiger partial charge in [0.2, 0.25) is 0 Å². The van der Waals surface area contributed by atoms with Gasteiger partial charge in [-0.25, -0.2) is 0 Å². The van der Waals surface area contributed by atoms with E-state index >= 15 is 0 Å². The number of aromatic nitrogens is 1. The van der Waals surface area contributed by atoms with Crippen molar-refractivity contribution in [2.24, 2.45) is 0 Å². The summed E-state index contributed by atoms with van der Waals surface area (Å²) in [7, 11) is 0. The van der Waals surface area contributed by atoms with E-state index in [9.17, 15) is 4.79 Å². The Morgan fingerprint density at radius 3 is 2.82 bits per heavy atom. The molecular formula is C13H14N2OS. The molecule has 88 valence electrons. The van der Waals surface area contributed by atoms with E-state index in [1.54, 1.807) is 6.20 Å². The Kier molecular flexibility index (Phi) is 3.54. The van der Waals surface area contributed by atoms with E-state index in [1.165, 1.54) is 11.3 Å². The van der Waals surface area contributed by atoms with Crippen molar-refractivity contribution in [2.75, 3.05) is 0 Å². The number of carbonyl (C=O) groups excluding carboxylic acids is 1. The van der Waals surface area contributed by atoms with E-state index in [0.717, 1.165) is 16.1 Å². The highest BCUT2D eigenvalue weighted by Crippen LogP contribution is 2.17. The van der Waals surface area contributed by atoms with Crippen LogP contribution in [0.3, 0.4) is 0 Å². The van der Waals surface area contributed by atoms with Crippen molar-refractivity contribution in [1.82, 2.24) is 10.3 Å². The molecule has 0 fully saturated rings. The minimum atomic E-state index is -0.0785. The molecule has 0 radical (unpaired) electrons. The molecule has 1 N–H and O–H groups in total. The minimum absolute atomic E-state index is 0.0318. The second kappa shape index (κ2) is 5.10. The van der Waals surface area contributed by atoms with Gasteiger partial charge in [-0.15, -0.1) is 11.3 Å². The van der Waals surface area contributed by atoms with E-state index in [1.807, 2.05) is 43.5 Å². The lowest BCUT2D eigenvalue weighted by molar-refractivity contribution is 0.0942. The first-order valence-corrected chi connectivity index (χ1v) is 6.32. The van der Waals surface area contributed by atoms with Gasteiger partial charge in [0.05, 0.1) is 16.6 Å². The average Bonchev–Trinajstić information content (AvgIpc) is 2.76. The number of hydrogen-bond donors (Lipinski definition) is 1. The fourth-order valence-corrected chi connectivity index (χ4v) is 2.40. The van der Waals surface area contributed by atoms with Crippen LogP contribution in [0.1, 0.15) is 33.9 Å². The second-order valence-corrected chi connectivity index (χ2v) is 4.80. The number of nitrogens with zero attached hydrogens (tertiary/aromatic N) is 1. The SMILES string of the molecule is Cc1ccsc1C(=O)N[C@H](C)c1ccccn1. The number of aryl methyl sites for hydroxylation is 1. The van der Waals surface area contributed by atoms with Gasteiger partial charge >= 0.3 is 0 Å². The van der Waals surface area contributed by atoms with Crippen molar-refractivity contribution < 1.29 is 4.79 Å². The molecule has 0 saturated carbocycles. The third-order valence-corrected chi connectivity index (χ3v) is 3.56. The number of pyridine rings is 1. The Balaban J connectivity index is 2.08. The van der Waals surface area contributed by atoms with Crippen molar-refractivity contribution in [3.63, 3.8) is 0 Å². The maximum atomic E-state index is 12.0. The molecule has 1 amide bonds. The van der Waals surface area contributed by atoms with Crippen LogP contribution >= 0.6 is 11.3 Å². The van der Waals surface area contributed by atoms with Crippen LogP contribution in [0.2, 0.25) is 0 Å². The van der Waals surface area contributed by atoms with Crippen LogP contribution in [-0.2, 0) is 0 Å². The molecule has 1 atom stereocenters. The second-order valence-electron chi connectivity index (χ2n) is 3.88. The Morgan fingerprint density at radius 2 is 2.24 bits per heavy atom. The van der Waals surface area contributed by atoms with E-state index in [-0.39, 0.29) is 11.9 Å². The van der Waals surface area contributed by atoms with Crippen LogP contribution < -0.4 is 5.32 Å². The van der Waals surface area contributed by atoms with Gasteiger partial charge in [-0.05, 0) is 43.0 Å². The fourth-order valence-electron chi connectivity index (χ4n) is 1.57. The summed E-state index contributed by atoms with van der Waals surface area (Å²) in [4.78, 5) is 17.0. The first kappa shape index (κ1) is 11.8. The highest BCUT2D eigenvalue weighted by molar-refractivity contribution is 7.12. The lowest BCUT2D eigenvalue weighted by Crippen LogP contribution is -2.26. The molecule has 0 unspecified atom stereocenters. The first-order valence-electron chi connectivity index (χ1n) is 5.44. The van der Waals surface area contributed by atoms with Crippen molar-refractivity contribution >= 4 is 17.2 Å². The van der Waals surface area contributed by atoms with Crippen LogP contribution in [0.5, 0.6) is 0 Å². The lowest BCUT2D eigenvalue weighted by atomic mass is 10.2. The fraction of sp³-hybridized carbons (Fsp3) is 0.231. The van der Waals surface area contributed by atoms with Crippen molar-refractivity contribution in [2.45, 2.75) is 19.9 Å². The normalized spacial score (nSPS) is 12.1. The zero-order valence-electron chi connectivity index (χ0n) is 9.81. The molecular weight excluding hydrogens is 232 g/mol. The summed E-state index contributed by atoms with van der Waals surface area (Å²) in [5, 5.41) is 4.87.